The summed E-state index contributed by atoms with van der Waals surface area (Å²) in [5, 5.41) is 5.83. The number of fused-ring (bicyclic) bond motifs is 3. The lowest BCUT2D eigenvalue weighted by atomic mass is 9.98. The fourth-order valence-electron chi connectivity index (χ4n) is 5.17. The first kappa shape index (κ1) is 17.5. The number of amides is 2. The molecule has 4 unspecified atom stereocenters. The SMILES string of the molecule is O=CC(=O)C1c2cc(N3CC4CC3CN4)ccc2CN1C1CCC(=O)NC1=O. The fraction of sp³-hybridized carbons (Fsp3) is 0.500. The van der Waals surface area contributed by atoms with Crippen molar-refractivity contribution in [3.8, 4) is 0 Å². The van der Waals surface area contributed by atoms with Gasteiger partial charge in [0, 0.05) is 43.8 Å². The number of nitrogens with one attached hydrogen (secondary N) is 2. The van der Waals surface area contributed by atoms with Crippen LogP contribution >= 0.6 is 0 Å². The largest absolute Gasteiger partial charge is 0.366 e. The lowest BCUT2D eigenvalue weighted by molar-refractivity contribution is -0.141. The predicted octanol–water partition coefficient (Wildman–Crippen LogP) is -0.333. The Balaban J connectivity index is 1.48. The van der Waals surface area contributed by atoms with Crippen LogP contribution in [0, 0.1) is 0 Å². The van der Waals surface area contributed by atoms with E-state index in [1.807, 2.05) is 12.1 Å². The molecule has 0 radical (unpaired) electrons. The second-order valence-electron chi connectivity index (χ2n) is 8.09. The second kappa shape index (κ2) is 6.49. The number of rotatable bonds is 4. The van der Waals surface area contributed by atoms with Gasteiger partial charge in [-0.2, -0.15) is 0 Å². The minimum absolute atomic E-state index is 0.236. The summed E-state index contributed by atoms with van der Waals surface area (Å²) in [6, 6.07) is 5.68. The average Bonchev–Trinajstić information content (AvgIpc) is 3.40. The third-order valence-electron chi connectivity index (χ3n) is 6.49. The number of hydrogen-bond acceptors (Lipinski definition) is 7. The van der Waals surface area contributed by atoms with Crippen LogP contribution in [0.4, 0.5) is 5.69 Å². The zero-order valence-electron chi connectivity index (χ0n) is 15.4. The summed E-state index contributed by atoms with van der Waals surface area (Å²) in [5.74, 6) is -1.24. The van der Waals surface area contributed by atoms with Crippen LogP contribution in [0.15, 0.2) is 18.2 Å². The normalized spacial score (nSPS) is 31.8. The molecule has 2 amide bonds. The number of benzene rings is 1. The first-order valence-corrected chi connectivity index (χ1v) is 9.76. The number of imide groups is 1. The van der Waals surface area contributed by atoms with E-state index >= 15 is 0 Å². The smallest absolute Gasteiger partial charge is 0.243 e. The van der Waals surface area contributed by atoms with E-state index in [4.69, 9.17) is 0 Å². The molecule has 4 atom stereocenters. The van der Waals surface area contributed by atoms with Crippen molar-refractivity contribution in [3.63, 3.8) is 0 Å². The number of piperazine rings is 1. The van der Waals surface area contributed by atoms with Gasteiger partial charge in [-0.3, -0.25) is 29.4 Å². The Morgan fingerprint density at radius 3 is 2.79 bits per heavy atom. The lowest BCUT2D eigenvalue weighted by Crippen LogP contribution is -2.52. The molecule has 0 saturated carbocycles. The third-order valence-corrected chi connectivity index (χ3v) is 6.49. The molecule has 1 aromatic rings. The maximum Gasteiger partial charge on any atom is 0.243 e. The van der Waals surface area contributed by atoms with Gasteiger partial charge in [0.2, 0.25) is 17.6 Å². The van der Waals surface area contributed by atoms with E-state index in [9.17, 15) is 19.2 Å². The molecule has 5 rings (SSSR count). The standard InChI is InChI=1S/C20H22N4O4/c25-10-17(26)19-15-6-13(23-9-12-5-14(23)7-21-12)2-1-11(15)8-24(19)16-3-4-18(27)22-20(16)28/h1-2,6,10,12,14,16,19,21H,3-5,7-9H2,(H,22,27,28). The molecule has 3 saturated heterocycles. The second-order valence-corrected chi connectivity index (χ2v) is 8.09. The third kappa shape index (κ3) is 2.67. The summed E-state index contributed by atoms with van der Waals surface area (Å²) in [4.78, 5) is 51.9. The molecule has 0 spiro atoms. The molecule has 3 fully saturated rings. The maximum atomic E-state index is 12.5. The number of piperidine rings is 1. The highest BCUT2D eigenvalue weighted by Crippen LogP contribution is 2.40. The van der Waals surface area contributed by atoms with Crippen LogP contribution in [0.5, 0.6) is 0 Å². The molecule has 0 aromatic heterocycles. The van der Waals surface area contributed by atoms with Crippen molar-refractivity contribution in [3.05, 3.63) is 29.3 Å². The number of Topliss-reactive ketones (excluding diaryl/α,β-unsaturated/α-hetero) is 1. The van der Waals surface area contributed by atoms with Gasteiger partial charge in [0.25, 0.3) is 0 Å². The topological polar surface area (TPSA) is 98.8 Å². The van der Waals surface area contributed by atoms with Crippen molar-refractivity contribution in [2.24, 2.45) is 0 Å². The first-order chi connectivity index (χ1) is 13.5. The van der Waals surface area contributed by atoms with Gasteiger partial charge in [0.15, 0.2) is 6.29 Å². The molecule has 1 aromatic carbocycles. The van der Waals surface area contributed by atoms with Gasteiger partial charge in [0.05, 0.1) is 6.04 Å². The van der Waals surface area contributed by atoms with Crippen LogP contribution < -0.4 is 15.5 Å². The number of anilines is 1. The van der Waals surface area contributed by atoms with Crippen molar-refractivity contribution in [2.45, 2.75) is 50.0 Å². The molecule has 8 heteroatoms. The Morgan fingerprint density at radius 2 is 2.11 bits per heavy atom. The van der Waals surface area contributed by atoms with Crippen molar-refractivity contribution in [1.29, 1.82) is 0 Å². The zero-order chi connectivity index (χ0) is 19.4. The Morgan fingerprint density at radius 1 is 1.25 bits per heavy atom. The number of ketones is 1. The summed E-state index contributed by atoms with van der Waals surface area (Å²) in [6.45, 7) is 2.31. The van der Waals surface area contributed by atoms with E-state index in [0.29, 0.717) is 31.3 Å². The Hall–Kier alpha value is -2.58. The molecule has 8 nitrogen and oxygen atoms in total. The van der Waals surface area contributed by atoms with Crippen molar-refractivity contribution < 1.29 is 19.2 Å². The van der Waals surface area contributed by atoms with Crippen LogP contribution in [0.25, 0.3) is 0 Å². The van der Waals surface area contributed by atoms with Crippen molar-refractivity contribution in [1.82, 2.24) is 15.5 Å². The zero-order valence-corrected chi connectivity index (χ0v) is 15.4. The highest BCUT2D eigenvalue weighted by Gasteiger charge is 2.44. The first-order valence-electron chi connectivity index (χ1n) is 9.76. The number of hydrogen-bond donors (Lipinski definition) is 2. The van der Waals surface area contributed by atoms with Crippen molar-refractivity contribution >= 4 is 29.6 Å². The average molecular weight is 382 g/mol. The van der Waals surface area contributed by atoms with Crippen molar-refractivity contribution in [2.75, 3.05) is 18.0 Å². The summed E-state index contributed by atoms with van der Waals surface area (Å²) in [6.07, 6.45) is 2.05. The van der Waals surface area contributed by atoms with Gasteiger partial charge in [-0.25, -0.2) is 0 Å². The van der Waals surface area contributed by atoms with Crippen LogP contribution in [-0.2, 0) is 25.7 Å². The molecule has 4 aliphatic rings. The molecule has 28 heavy (non-hydrogen) atoms. The molecule has 2 N–H and O–H groups in total. The van der Waals surface area contributed by atoms with E-state index in [-0.39, 0.29) is 12.3 Å². The molecule has 0 aliphatic carbocycles. The summed E-state index contributed by atoms with van der Waals surface area (Å²) >= 11 is 0. The van der Waals surface area contributed by atoms with Gasteiger partial charge < -0.3 is 10.2 Å². The van der Waals surface area contributed by atoms with Gasteiger partial charge in [0.1, 0.15) is 6.04 Å². The monoisotopic (exact) mass is 382 g/mol. The van der Waals surface area contributed by atoms with E-state index < -0.39 is 23.8 Å². The van der Waals surface area contributed by atoms with Crippen LogP contribution in [0.3, 0.4) is 0 Å². The van der Waals surface area contributed by atoms with Gasteiger partial charge in [-0.1, -0.05) is 6.07 Å². The van der Waals surface area contributed by atoms with E-state index in [0.717, 1.165) is 36.3 Å². The maximum absolute atomic E-state index is 12.5. The van der Waals surface area contributed by atoms with Gasteiger partial charge in [-0.05, 0) is 36.1 Å². The van der Waals surface area contributed by atoms with E-state index in [1.165, 1.54) is 0 Å². The number of carbonyl (C=O) groups is 4. The van der Waals surface area contributed by atoms with Crippen LogP contribution in [0.1, 0.15) is 36.4 Å². The Kier molecular flexibility index (Phi) is 4.06. The minimum Gasteiger partial charge on any atom is -0.366 e. The van der Waals surface area contributed by atoms with Crippen LogP contribution in [0.2, 0.25) is 0 Å². The number of aldehydes is 1. The highest BCUT2D eigenvalue weighted by atomic mass is 16.2. The summed E-state index contributed by atoms with van der Waals surface area (Å²) < 4.78 is 0. The number of carbonyl (C=O) groups excluding carboxylic acids is 4. The Bertz CT molecular complexity index is 885. The number of nitrogens with zero attached hydrogens (tertiary/aromatic N) is 2. The quantitative estimate of drug-likeness (QED) is 0.418. The fourth-order valence-corrected chi connectivity index (χ4v) is 5.17. The molecule has 2 bridgehead atoms. The molecule has 146 valence electrons. The van der Waals surface area contributed by atoms with Gasteiger partial charge in [-0.15, -0.1) is 0 Å². The minimum atomic E-state index is -0.769. The molecule has 4 heterocycles. The van der Waals surface area contributed by atoms with Crippen LogP contribution in [-0.4, -0.2) is 60.0 Å². The molecule has 4 aliphatic heterocycles. The van der Waals surface area contributed by atoms with E-state index in [2.05, 4.69) is 21.6 Å². The lowest BCUT2D eigenvalue weighted by Gasteiger charge is -2.33. The molecular formula is C20H22N4O4. The highest BCUT2D eigenvalue weighted by molar-refractivity contribution is 6.27. The Labute approximate surface area is 162 Å². The van der Waals surface area contributed by atoms with E-state index in [1.54, 1.807) is 4.90 Å². The van der Waals surface area contributed by atoms with Gasteiger partial charge >= 0.3 is 0 Å². The molecular weight excluding hydrogens is 360 g/mol. The predicted molar refractivity (Wildman–Crippen MR) is 99.5 cm³/mol. The summed E-state index contributed by atoms with van der Waals surface area (Å²) in [7, 11) is 0. The summed E-state index contributed by atoms with van der Waals surface area (Å²) in [5.41, 5.74) is 2.81.